The second-order valence-electron chi connectivity index (χ2n) is 4.69. The summed E-state index contributed by atoms with van der Waals surface area (Å²) in [7, 11) is 1.58. The lowest BCUT2D eigenvalue weighted by atomic mass is 10.2. The van der Waals surface area contributed by atoms with Crippen molar-refractivity contribution in [2.75, 3.05) is 19.1 Å². The van der Waals surface area contributed by atoms with E-state index in [0.29, 0.717) is 16.5 Å². The lowest BCUT2D eigenvalue weighted by Gasteiger charge is -2.09. The Morgan fingerprint density at radius 3 is 2.87 bits per heavy atom. The first-order valence-electron chi connectivity index (χ1n) is 6.94. The van der Waals surface area contributed by atoms with E-state index in [1.165, 1.54) is 0 Å². The van der Waals surface area contributed by atoms with Crippen molar-refractivity contribution < 1.29 is 9.47 Å². The molecule has 2 aromatic rings. The lowest BCUT2D eigenvalue weighted by Crippen LogP contribution is -1.98. The molecule has 0 saturated heterocycles. The summed E-state index contributed by atoms with van der Waals surface area (Å²) in [5, 5.41) is 4.91. The average Bonchev–Trinajstić information content (AvgIpc) is 2.57. The van der Waals surface area contributed by atoms with Gasteiger partial charge < -0.3 is 9.47 Å². The maximum absolute atomic E-state index is 6.07. The normalized spacial score (nSPS) is 10.3. The molecule has 0 radical (unpaired) electrons. The van der Waals surface area contributed by atoms with Crippen molar-refractivity contribution in [3.05, 3.63) is 52.5 Å². The number of nitrogens with zero attached hydrogens (tertiary/aromatic N) is 1. The van der Waals surface area contributed by atoms with Crippen LogP contribution in [0.2, 0.25) is 5.02 Å². The fourth-order valence-corrected chi connectivity index (χ4v) is 2.08. The topological polar surface area (TPSA) is 42.8 Å². The van der Waals surface area contributed by atoms with Gasteiger partial charge in [0.15, 0.2) is 11.5 Å². The highest BCUT2D eigenvalue weighted by molar-refractivity contribution is 6.31. The van der Waals surface area contributed by atoms with Crippen LogP contribution in [0.25, 0.3) is 0 Å². The van der Waals surface area contributed by atoms with Gasteiger partial charge in [-0.1, -0.05) is 23.6 Å². The molecule has 0 atom stereocenters. The molecule has 0 bridgehead atoms. The summed E-state index contributed by atoms with van der Waals surface area (Å²) in [6.45, 7) is 2.13. The van der Waals surface area contributed by atoms with Gasteiger partial charge in [0, 0.05) is 5.02 Å². The third kappa shape index (κ3) is 4.41. The molecule has 0 fully saturated rings. The van der Waals surface area contributed by atoms with Gasteiger partial charge in [0.2, 0.25) is 0 Å². The molecule has 4 nitrogen and oxygen atoms in total. The third-order valence-corrected chi connectivity index (χ3v) is 3.57. The Hall–Kier alpha value is -2.64. The second kappa shape index (κ2) is 8.11. The van der Waals surface area contributed by atoms with Crippen molar-refractivity contribution in [1.29, 1.82) is 0 Å². The number of halogens is 1. The van der Waals surface area contributed by atoms with E-state index in [9.17, 15) is 0 Å². The number of benzene rings is 2. The number of hydrazone groups is 1. The predicted octanol–water partition coefficient (Wildman–Crippen LogP) is 4.12. The summed E-state index contributed by atoms with van der Waals surface area (Å²) >= 11 is 6.07. The third-order valence-electron chi connectivity index (χ3n) is 3.17. The maximum Gasteiger partial charge on any atom is 0.162 e. The Balaban J connectivity index is 2.10. The molecule has 2 aromatic carbocycles. The van der Waals surface area contributed by atoms with E-state index in [0.717, 1.165) is 16.8 Å². The van der Waals surface area contributed by atoms with Gasteiger partial charge >= 0.3 is 0 Å². The Morgan fingerprint density at radius 1 is 1.30 bits per heavy atom. The number of methoxy groups -OCH3 is 1. The zero-order valence-electron chi connectivity index (χ0n) is 13.0. The first-order chi connectivity index (χ1) is 11.2. The first-order valence-corrected chi connectivity index (χ1v) is 7.32. The zero-order chi connectivity index (χ0) is 16.7. The van der Waals surface area contributed by atoms with Crippen LogP contribution in [0.1, 0.15) is 11.1 Å². The highest BCUT2D eigenvalue weighted by Crippen LogP contribution is 2.27. The maximum atomic E-state index is 6.07. The molecule has 118 valence electrons. The zero-order valence-corrected chi connectivity index (χ0v) is 13.7. The van der Waals surface area contributed by atoms with Crippen molar-refractivity contribution in [3.63, 3.8) is 0 Å². The fourth-order valence-electron chi connectivity index (χ4n) is 1.91. The molecule has 0 aromatic heterocycles. The van der Waals surface area contributed by atoms with Gasteiger partial charge in [-0.15, -0.1) is 6.42 Å². The minimum absolute atomic E-state index is 0.194. The van der Waals surface area contributed by atoms with Crippen molar-refractivity contribution in [2.24, 2.45) is 5.10 Å². The molecule has 0 saturated carbocycles. The van der Waals surface area contributed by atoms with Crippen molar-refractivity contribution >= 4 is 23.5 Å². The van der Waals surface area contributed by atoms with Gasteiger partial charge in [-0.25, -0.2) is 0 Å². The van der Waals surface area contributed by atoms with Gasteiger partial charge in [-0.3, -0.25) is 5.43 Å². The van der Waals surface area contributed by atoms with Crippen LogP contribution in [0.3, 0.4) is 0 Å². The summed E-state index contributed by atoms with van der Waals surface area (Å²) in [4.78, 5) is 0. The minimum Gasteiger partial charge on any atom is -0.493 e. The number of hydrogen-bond donors (Lipinski definition) is 1. The summed E-state index contributed by atoms with van der Waals surface area (Å²) in [6, 6.07) is 11.1. The molecule has 1 N–H and O–H groups in total. The minimum atomic E-state index is 0.194. The molecule has 0 heterocycles. The molecule has 0 amide bonds. The van der Waals surface area contributed by atoms with Crippen LogP contribution in [0, 0.1) is 19.3 Å². The van der Waals surface area contributed by atoms with Crippen LogP contribution >= 0.6 is 11.6 Å². The average molecular weight is 329 g/mol. The molecule has 5 heteroatoms. The van der Waals surface area contributed by atoms with E-state index in [4.69, 9.17) is 27.5 Å². The van der Waals surface area contributed by atoms with Crippen LogP contribution in [-0.2, 0) is 0 Å². The number of nitrogens with one attached hydrogen (secondary N) is 1. The molecule has 0 spiro atoms. The molecule has 0 unspecified atom stereocenters. The molecular formula is C18H17ClN2O2. The van der Waals surface area contributed by atoms with Crippen LogP contribution < -0.4 is 14.9 Å². The van der Waals surface area contributed by atoms with Gasteiger partial charge in [-0.05, 0) is 48.4 Å². The van der Waals surface area contributed by atoms with Crippen molar-refractivity contribution in [2.45, 2.75) is 6.92 Å². The Kier molecular flexibility index (Phi) is 5.90. The Morgan fingerprint density at radius 2 is 2.13 bits per heavy atom. The largest absolute Gasteiger partial charge is 0.493 e. The van der Waals surface area contributed by atoms with Crippen LogP contribution in [0.15, 0.2) is 41.5 Å². The molecule has 0 aliphatic carbocycles. The van der Waals surface area contributed by atoms with Crippen molar-refractivity contribution in [1.82, 2.24) is 0 Å². The quantitative estimate of drug-likeness (QED) is 0.493. The summed E-state index contributed by atoms with van der Waals surface area (Å²) < 4.78 is 10.7. The summed E-state index contributed by atoms with van der Waals surface area (Å²) in [6.07, 6.45) is 6.88. The monoisotopic (exact) mass is 328 g/mol. The highest BCUT2D eigenvalue weighted by Gasteiger charge is 2.04. The Labute approximate surface area is 141 Å². The number of anilines is 1. The van der Waals surface area contributed by atoms with E-state index >= 15 is 0 Å². The van der Waals surface area contributed by atoms with E-state index in [2.05, 4.69) is 16.4 Å². The van der Waals surface area contributed by atoms with Crippen LogP contribution in [-0.4, -0.2) is 19.9 Å². The molecule has 2 rings (SSSR count). The van der Waals surface area contributed by atoms with Gasteiger partial charge in [0.25, 0.3) is 0 Å². The SMILES string of the molecule is C#CCOc1ccc(C=NNc2cccc(Cl)c2C)cc1OC. The smallest absolute Gasteiger partial charge is 0.162 e. The van der Waals surface area contributed by atoms with Gasteiger partial charge in [0.05, 0.1) is 19.0 Å². The highest BCUT2D eigenvalue weighted by atomic mass is 35.5. The Bertz CT molecular complexity index is 751. The molecule has 0 aliphatic heterocycles. The fraction of sp³-hybridized carbons (Fsp3) is 0.167. The van der Waals surface area contributed by atoms with E-state index in [1.807, 2.05) is 37.3 Å². The number of hydrogen-bond acceptors (Lipinski definition) is 4. The second-order valence-corrected chi connectivity index (χ2v) is 5.09. The van der Waals surface area contributed by atoms with E-state index in [-0.39, 0.29) is 6.61 Å². The van der Waals surface area contributed by atoms with Gasteiger partial charge in [0.1, 0.15) is 6.61 Å². The van der Waals surface area contributed by atoms with Crippen LogP contribution in [0.4, 0.5) is 5.69 Å². The number of terminal acetylenes is 1. The van der Waals surface area contributed by atoms with Crippen LogP contribution in [0.5, 0.6) is 11.5 Å². The van der Waals surface area contributed by atoms with Crippen molar-refractivity contribution in [3.8, 4) is 23.8 Å². The summed E-state index contributed by atoms with van der Waals surface area (Å²) in [5.74, 6) is 3.62. The molecular weight excluding hydrogens is 312 g/mol. The van der Waals surface area contributed by atoms with E-state index in [1.54, 1.807) is 19.4 Å². The molecule has 0 aliphatic rings. The number of rotatable bonds is 6. The molecule has 23 heavy (non-hydrogen) atoms. The predicted molar refractivity (Wildman–Crippen MR) is 94.7 cm³/mol. The van der Waals surface area contributed by atoms with Gasteiger partial charge in [-0.2, -0.15) is 5.10 Å². The standard InChI is InChI=1S/C18H17ClN2O2/c1-4-10-23-17-9-8-14(11-18(17)22-3)12-20-21-16-7-5-6-15(19)13(16)2/h1,5-9,11-12,21H,10H2,2-3H3. The number of ether oxygens (including phenoxy) is 2. The van der Waals surface area contributed by atoms with E-state index < -0.39 is 0 Å². The first kappa shape index (κ1) is 16.7. The summed E-state index contributed by atoms with van der Waals surface area (Å²) in [5.41, 5.74) is 5.64. The lowest BCUT2D eigenvalue weighted by molar-refractivity contribution is 0.331.